The smallest absolute Gasteiger partial charge is 0.309 e. The summed E-state index contributed by atoms with van der Waals surface area (Å²) in [6, 6.07) is 11.2. The van der Waals surface area contributed by atoms with Crippen molar-refractivity contribution in [1.82, 2.24) is 14.5 Å². The molecule has 0 aliphatic carbocycles. The molecule has 0 atom stereocenters. The van der Waals surface area contributed by atoms with Gasteiger partial charge in [-0.15, -0.1) is 11.3 Å². The topological polar surface area (TPSA) is 81.5 Å². The van der Waals surface area contributed by atoms with E-state index in [2.05, 4.69) is 4.98 Å². The molecule has 1 aromatic carbocycles. The maximum Gasteiger partial charge on any atom is 0.309 e. The number of rotatable bonds is 6. The van der Waals surface area contributed by atoms with Gasteiger partial charge in [-0.3, -0.25) is 19.0 Å². The zero-order valence-corrected chi connectivity index (χ0v) is 18.8. The summed E-state index contributed by atoms with van der Waals surface area (Å²) < 4.78 is 7.26. The van der Waals surface area contributed by atoms with E-state index in [0.29, 0.717) is 47.9 Å². The monoisotopic (exact) mass is 457 g/mol. The third kappa shape index (κ3) is 4.67. The van der Waals surface area contributed by atoms with Gasteiger partial charge in [-0.1, -0.05) is 30.0 Å². The molecule has 1 aliphatic heterocycles. The number of esters is 1. The molecule has 3 aromatic rings. The number of benzene rings is 1. The number of piperidine rings is 1. The number of para-hydroxylation sites is 1. The molecule has 1 saturated heterocycles. The summed E-state index contributed by atoms with van der Waals surface area (Å²) >= 11 is 2.63. The molecule has 2 aromatic heterocycles. The van der Waals surface area contributed by atoms with Crippen LogP contribution in [0.2, 0.25) is 0 Å². The molecule has 0 saturated carbocycles. The highest BCUT2D eigenvalue weighted by Gasteiger charge is 2.28. The van der Waals surface area contributed by atoms with E-state index in [-0.39, 0.29) is 29.1 Å². The average molecular weight is 458 g/mol. The van der Waals surface area contributed by atoms with Crippen molar-refractivity contribution in [3.63, 3.8) is 0 Å². The second kappa shape index (κ2) is 9.65. The van der Waals surface area contributed by atoms with Gasteiger partial charge in [0.05, 0.1) is 29.5 Å². The summed E-state index contributed by atoms with van der Waals surface area (Å²) in [6.07, 6.45) is 1.23. The number of hydrogen-bond donors (Lipinski definition) is 0. The number of ether oxygens (including phenoxy) is 1. The average Bonchev–Trinajstić information content (AvgIpc) is 3.27. The van der Waals surface area contributed by atoms with Gasteiger partial charge in [-0.05, 0) is 43.3 Å². The maximum absolute atomic E-state index is 13.1. The van der Waals surface area contributed by atoms with E-state index < -0.39 is 0 Å². The number of carbonyl (C=O) groups excluding carboxylic acids is 2. The van der Waals surface area contributed by atoms with Gasteiger partial charge in [0.15, 0.2) is 5.16 Å². The van der Waals surface area contributed by atoms with Crippen molar-refractivity contribution in [2.75, 3.05) is 25.4 Å². The van der Waals surface area contributed by atoms with Crippen LogP contribution in [0.4, 0.5) is 0 Å². The first-order valence-electron chi connectivity index (χ1n) is 10.2. The van der Waals surface area contributed by atoms with Gasteiger partial charge < -0.3 is 9.64 Å². The van der Waals surface area contributed by atoms with Crippen molar-refractivity contribution in [2.45, 2.75) is 24.9 Å². The van der Waals surface area contributed by atoms with Crippen LogP contribution >= 0.6 is 23.1 Å². The van der Waals surface area contributed by atoms with Crippen LogP contribution in [0.3, 0.4) is 0 Å². The molecule has 0 radical (unpaired) electrons. The minimum absolute atomic E-state index is 0.0217. The number of nitrogens with zero attached hydrogens (tertiary/aromatic N) is 3. The number of carbonyl (C=O) groups is 2. The Hall–Kier alpha value is -2.65. The fourth-order valence-corrected chi connectivity index (χ4v) is 5.31. The summed E-state index contributed by atoms with van der Waals surface area (Å²) in [5.74, 6) is -0.155. The number of likely N-dealkylation sites (tertiary alicyclic amines) is 1. The quantitative estimate of drug-likeness (QED) is 0.321. The molecule has 9 heteroatoms. The molecule has 31 heavy (non-hydrogen) atoms. The minimum atomic E-state index is -0.177. The molecule has 0 N–H and O–H groups in total. The van der Waals surface area contributed by atoms with Crippen LogP contribution in [-0.4, -0.2) is 51.8 Å². The molecule has 1 amide bonds. The Kier molecular flexibility index (Phi) is 6.72. The van der Waals surface area contributed by atoms with Gasteiger partial charge in [-0.2, -0.15) is 0 Å². The Morgan fingerprint density at radius 3 is 2.65 bits per heavy atom. The van der Waals surface area contributed by atoms with Gasteiger partial charge >= 0.3 is 5.97 Å². The zero-order valence-electron chi connectivity index (χ0n) is 17.2. The Balaban J connectivity index is 1.49. The first-order valence-corrected chi connectivity index (χ1v) is 12.1. The zero-order chi connectivity index (χ0) is 21.8. The van der Waals surface area contributed by atoms with Crippen LogP contribution in [-0.2, 0) is 14.3 Å². The predicted molar refractivity (Wildman–Crippen MR) is 122 cm³/mol. The predicted octanol–water partition coefficient (Wildman–Crippen LogP) is 3.34. The highest BCUT2D eigenvalue weighted by atomic mass is 32.2. The van der Waals surface area contributed by atoms with Crippen LogP contribution in [0.25, 0.3) is 15.9 Å². The summed E-state index contributed by atoms with van der Waals surface area (Å²) in [6.45, 7) is 3.24. The van der Waals surface area contributed by atoms with E-state index in [4.69, 9.17) is 4.74 Å². The van der Waals surface area contributed by atoms with E-state index in [1.165, 1.54) is 23.1 Å². The van der Waals surface area contributed by atoms with Crippen molar-refractivity contribution in [2.24, 2.45) is 5.92 Å². The first-order chi connectivity index (χ1) is 15.1. The van der Waals surface area contributed by atoms with Crippen LogP contribution in [0.1, 0.15) is 19.8 Å². The van der Waals surface area contributed by atoms with Crippen LogP contribution in [0.15, 0.2) is 51.7 Å². The normalized spacial score (nSPS) is 14.7. The third-order valence-corrected chi connectivity index (χ3v) is 7.07. The summed E-state index contributed by atoms with van der Waals surface area (Å²) in [7, 11) is 0. The van der Waals surface area contributed by atoms with Gasteiger partial charge in [0.25, 0.3) is 5.56 Å². The van der Waals surface area contributed by atoms with Gasteiger partial charge in [0.2, 0.25) is 5.91 Å². The molecule has 0 unspecified atom stereocenters. The Bertz CT molecular complexity index is 1130. The highest BCUT2D eigenvalue weighted by Crippen LogP contribution is 2.25. The fourth-order valence-electron chi connectivity index (χ4n) is 3.64. The Labute approximate surface area is 188 Å². The van der Waals surface area contributed by atoms with Crippen molar-refractivity contribution < 1.29 is 14.3 Å². The van der Waals surface area contributed by atoms with E-state index in [1.807, 2.05) is 41.8 Å². The lowest BCUT2D eigenvalue weighted by atomic mass is 9.97. The van der Waals surface area contributed by atoms with E-state index >= 15 is 0 Å². The van der Waals surface area contributed by atoms with E-state index in [0.717, 1.165) is 5.69 Å². The van der Waals surface area contributed by atoms with Gasteiger partial charge in [0, 0.05) is 13.1 Å². The second-order valence-corrected chi connectivity index (χ2v) is 9.06. The molecular weight excluding hydrogens is 434 g/mol. The Morgan fingerprint density at radius 2 is 1.94 bits per heavy atom. The molecular formula is C22H23N3O4S2. The number of aromatic nitrogens is 2. The molecule has 1 aliphatic rings. The van der Waals surface area contributed by atoms with Crippen molar-refractivity contribution in [3.8, 4) is 5.69 Å². The summed E-state index contributed by atoms with van der Waals surface area (Å²) in [4.78, 5) is 44.2. The SMILES string of the molecule is CCOC(=O)C1CCN(C(=O)CSc2nc3ccsc3c(=O)n2-c2ccccc2)CC1. The van der Waals surface area contributed by atoms with Crippen LogP contribution in [0.5, 0.6) is 0 Å². The van der Waals surface area contributed by atoms with Crippen LogP contribution < -0.4 is 5.56 Å². The van der Waals surface area contributed by atoms with Crippen molar-refractivity contribution >= 4 is 45.2 Å². The number of amides is 1. The summed E-state index contributed by atoms with van der Waals surface area (Å²) in [5.41, 5.74) is 1.24. The van der Waals surface area contributed by atoms with Gasteiger partial charge in [0.1, 0.15) is 4.70 Å². The van der Waals surface area contributed by atoms with Gasteiger partial charge in [-0.25, -0.2) is 4.98 Å². The molecule has 162 valence electrons. The lowest BCUT2D eigenvalue weighted by Crippen LogP contribution is -2.41. The molecule has 0 bridgehead atoms. The number of fused-ring (bicyclic) bond motifs is 1. The first kappa shape index (κ1) is 21.6. The highest BCUT2D eigenvalue weighted by molar-refractivity contribution is 7.99. The number of thiophene rings is 1. The standard InChI is InChI=1S/C22H23N3O4S2/c1-2-29-21(28)15-8-11-24(12-9-15)18(26)14-31-22-23-17-10-13-30-19(17)20(27)25(22)16-6-4-3-5-7-16/h3-7,10,13,15H,2,8-9,11-12,14H2,1H3. The lowest BCUT2D eigenvalue weighted by molar-refractivity contribution is -0.151. The molecule has 1 fully saturated rings. The number of hydrogen-bond acceptors (Lipinski definition) is 7. The van der Waals surface area contributed by atoms with Crippen LogP contribution in [0, 0.1) is 5.92 Å². The minimum Gasteiger partial charge on any atom is -0.466 e. The molecule has 7 nitrogen and oxygen atoms in total. The fraction of sp³-hybridized carbons (Fsp3) is 0.364. The van der Waals surface area contributed by atoms with Crippen molar-refractivity contribution in [3.05, 3.63) is 52.1 Å². The van der Waals surface area contributed by atoms with E-state index in [1.54, 1.807) is 16.4 Å². The molecule has 0 spiro atoms. The third-order valence-electron chi connectivity index (χ3n) is 5.26. The number of thioether (sulfide) groups is 1. The van der Waals surface area contributed by atoms with Crippen molar-refractivity contribution in [1.29, 1.82) is 0 Å². The lowest BCUT2D eigenvalue weighted by Gasteiger charge is -2.30. The molecule has 4 rings (SSSR count). The summed E-state index contributed by atoms with van der Waals surface area (Å²) in [5, 5.41) is 2.35. The largest absolute Gasteiger partial charge is 0.466 e. The second-order valence-electron chi connectivity index (χ2n) is 7.20. The molecule has 3 heterocycles. The van der Waals surface area contributed by atoms with E-state index in [9.17, 15) is 14.4 Å². The maximum atomic E-state index is 13.1. The Morgan fingerprint density at radius 1 is 1.19 bits per heavy atom.